The molecule has 2 aromatic rings. The van der Waals surface area contributed by atoms with E-state index in [1.165, 1.54) is 12.8 Å². The lowest BCUT2D eigenvalue weighted by atomic mass is 10.3. The van der Waals surface area contributed by atoms with Gasteiger partial charge in [-0.2, -0.15) is 0 Å². The van der Waals surface area contributed by atoms with Gasteiger partial charge in [0, 0.05) is 31.0 Å². The summed E-state index contributed by atoms with van der Waals surface area (Å²) in [7, 11) is 0. The third-order valence-corrected chi connectivity index (χ3v) is 2.81. The molecule has 3 rings (SSSR count). The average molecular weight is 241 g/mol. The number of nitrogens with one attached hydrogen (secondary N) is 1. The second kappa shape index (κ2) is 5.14. The molecule has 0 bridgehead atoms. The highest BCUT2D eigenvalue weighted by atomic mass is 16.5. The lowest BCUT2D eigenvalue weighted by Gasteiger charge is -2.07. The van der Waals surface area contributed by atoms with Crippen LogP contribution < -0.4 is 10.1 Å². The highest BCUT2D eigenvalue weighted by Gasteiger charge is 2.20. The molecule has 1 fully saturated rings. The van der Waals surface area contributed by atoms with Crippen LogP contribution in [0.3, 0.4) is 0 Å². The molecule has 1 aliphatic carbocycles. The van der Waals surface area contributed by atoms with Crippen molar-refractivity contribution in [1.29, 1.82) is 0 Å². The minimum absolute atomic E-state index is 0.690. The fourth-order valence-corrected chi connectivity index (χ4v) is 1.70. The van der Waals surface area contributed by atoms with E-state index in [0.717, 1.165) is 23.7 Å². The topological polar surface area (TPSA) is 47.0 Å². The number of hydrogen-bond donors (Lipinski definition) is 1. The maximum Gasteiger partial charge on any atom is 0.145 e. The van der Waals surface area contributed by atoms with Crippen LogP contribution in [-0.4, -0.2) is 16.0 Å². The van der Waals surface area contributed by atoms with E-state index in [1.807, 2.05) is 24.3 Å². The average Bonchev–Trinajstić information content (AvgIpc) is 3.22. The molecule has 18 heavy (non-hydrogen) atoms. The van der Waals surface area contributed by atoms with Crippen molar-refractivity contribution in [3.8, 4) is 11.5 Å². The largest absolute Gasteiger partial charge is 0.456 e. The second-order valence-electron chi connectivity index (χ2n) is 4.43. The molecule has 0 aliphatic heterocycles. The van der Waals surface area contributed by atoms with Crippen molar-refractivity contribution in [2.24, 2.45) is 0 Å². The van der Waals surface area contributed by atoms with E-state index >= 15 is 0 Å². The first-order valence-electron chi connectivity index (χ1n) is 6.16. The molecule has 0 amide bonds. The van der Waals surface area contributed by atoms with Gasteiger partial charge in [0.05, 0.1) is 11.9 Å². The molecule has 0 spiro atoms. The number of ether oxygens (including phenoxy) is 1. The Balaban J connectivity index is 1.66. The molecular weight excluding hydrogens is 226 g/mol. The van der Waals surface area contributed by atoms with Crippen molar-refractivity contribution in [3.05, 3.63) is 48.5 Å². The number of aromatic nitrogens is 2. The highest BCUT2D eigenvalue weighted by Crippen LogP contribution is 2.21. The predicted octanol–water partition coefficient (Wildman–Crippen LogP) is 2.52. The van der Waals surface area contributed by atoms with Crippen molar-refractivity contribution in [2.75, 3.05) is 0 Å². The minimum Gasteiger partial charge on any atom is -0.456 e. The third kappa shape index (κ3) is 3.05. The first-order chi connectivity index (χ1) is 8.90. The predicted molar refractivity (Wildman–Crippen MR) is 68.4 cm³/mol. The summed E-state index contributed by atoms with van der Waals surface area (Å²) in [4.78, 5) is 8.34. The number of nitrogens with zero attached hydrogens (tertiary/aromatic N) is 2. The van der Waals surface area contributed by atoms with E-state index in [-0.39, 0.29) is 0 Å². The zero-order valence-corrected chi connectivity index (χ0v) is 10.0. The Morgan fingerprint density at radius 2 is 2.17 bits per heavy atom. The Hall–Kier alpha value is -1.94. The summed E-state index contributed by atoms with van der Waals surface area (Å²) in [5.41, 5.74) is 1.00. The van der Waals surface area contributed by atoms with E-state index in [1.54, 1.807) is 18.6 Å². The van der Waals surface area contributed by atoms with Gasteiger partial charge in [-0.05, 0) is 31.0 Å². The van der Waals surface area contributed by atoms with Crippen molar-refractivity contribution < 1.29 is 4.74 Å². The zero-order chi connectivity index (χ0) is 12.2. The van der Waals surface area contributed by atoms with Crippen LogP contribution in [0.15, 0.2) is 42.9 Å². The number of rotatable bonds is 5. The van der Waals surface area contributed by atoms with E-state index in [0.29, 0.717) is 6.04 Å². The van der Waals surface area contributed by atoms with Gasteiger partial charge in [0.1, 0.15) is 11.5 Å². The molecule has 0 radical (unpaired) electrons. The zero-order valence-electron chi connectivity index (χ0n) is 10.0. The molecule has 1 aliphatic rings. The van der Waals surface area contributed by atoms with Gasteiger partial charge in [0.2, 0.25) is 0 Å². The summed E-state index contributed by atoms with van der Waals surface area (Å²) >= 11 is 0. The van der Waals surface area contributed by atoms with Crippen LogP contribution in [-0.2, 0) is 6.54 Å². The van der Waals surface area contributed by atoms with Gasteiger partial charge in [-0.25, -0.2) is 0 Å². The Kier molecular flexibility index (Phi) is 3.19. The molecule has 0 atom stereocenters. The molecule has 1 saturated carbocycles. The summed E-state index contributed by atoms with van der Waals surface area (Å²) in [6, 6.07) is 8.24. The first-order valence-corrected chi connectivity index (χ1v) is 6.16. The van der Waals surface area contributed by atoms with Crippen molar-refractivity contribution >= 4 is 0 Å². The Morgan fingerprint density at radius 1 is 1.22 bits per heavy atom. The summed E-state index contributed by atoms with van der Waals surface area (Å²) < 4.78 is 5.71. The quantitative estimate of drug-likeness (QED) is 0.873. The molecule has 0 unspecified atom stereocenters. The third-order valence-electron chi connectivity index (χ3n) is 2.81. The Labute approximate surface area is 106 Å². The molecule has 92 valence electrons. The normalized spacial score (nSPS) is 14.4. The van der Waals surface area contributed by atoms with Crippen molar-refractivity contribution in [3.63, 3.8) is 0 Å². The lowest BCUT2D eigenvalue weighted by Crippen LogP contribution is -2.16. The van der Waals surface area contributed by atoms with Gasteiger partial charge in [0.25, 0.3) is 0 Å². The van der Waals surface area contributed by atoms with Crippen LogP contribution in [0.1, 0.15) is 18.5 Å². The Morgan fingerprint density at radius 3 is 2.94 bits per heavy atom. The lowest BCUT2D eigenvalue weighted by molar-refractivity contribution is 0.478. The van der Waals surface area contributed by atoms with Crippen LogP contribution in [0, 0.1) is 0 Å². The van der Waals surface area contributed by atoms with E-state index in [2.05, 4.69) is 15.3 Å². The van der Waals surface area contributed by atoms with Gasteiger partial charge in [-0.3, -0.25) is 9.97 Å². The van der Waals surface area contributed by atoms with Crippen LogP contribution in [0.25, 0.3) is 0 Å². The maximum absolute atomic E-state index is 5.71. The summed E-state index contributed by atoms with van der Waals surface area (Å²) in [5.74, 6) is 1.54. The summed E-state index contributed by atoms with van der Waals surface area (Å²) in [6.45, 7) is 0.801. The molecule has 4 nitrogen and oxygen atoms in total. The molecule has 1 N–H and O–H groups in total. The number of hydrogen-bond acceptors (Lipinski definition) is 4. The SMILES string of the molecule is c1cncc(Oc2ccnc(CNC3CC3)c2)c1. The number of pyridine rings is 2. The van der Waals surface area contributed by atoms with E-state index in [9.17, 15) is 0 Å². The van der Waals surface area contributed by atoms with Gasteiger partial charge < -0.3 is 10.1 Å². The smallest absolute Gasteiger partial charge is 0.145 e. The van der Waals surface area contributed by atoms with Gasteiger partial charge in [-0.15, -0.1) is 0 Å². The molecule has 0 aromatic carbocycles. The van der Waals surface area contributed by atoms with Crippen LogP contribution in [0.5, 0.6) is 11.5 Å². The summed E-state index contributed by atoms with van der Waals surface area (Å²) in [5, 5.41) is 3.43. The van der Waals surface area contributed by atoms with E-state index in [4.69, 9.17) is 4.74 Å². The van der Waals surface area contributed by atoms with Gasteiger partial charge >= 0.3 is 0 Å². The van der Waals surface area contributed by atoms with E-state index < -0.39 is 0 Å². The highest BCUT2D eigenvalue weighted by molar-refractivity contribution is 5.29. The Bertz CT molecular complexity index is 511. The van der Waals surface area contributed by atoms with Crippen LogP contribution in [0.2, 0.25) is 0 Å². The van der Waals surface area contributed by atoms with Crippen LogP contribution in [0.4, 0.5) is 0 Å². The molecule has 0 saturated heterocycles. The fraction of sp³-hybridized carbons (Fsp3) is 0.286. The molecule has 4 heteroatoms. The van der Waals surface area contributed by atoms with Crippen molar-refractivity contribution in [2.45, 2.75) is 25.4 Å². The van der Waals surface area contributed by atoms with Gasteiger partial charge in [-0.1, -0.05) is 0 Å². The molecular formula is C14H15N3O. The van der Waals surface area contributed by atoms with Crippen LogP contribution >= 0.6 is 0 Å². The second-order valence-corrected chi connectivity index (χ2v) is 4.43. The molecule has 2 aromatic heterocycles. The van der Waals surface area contributed by atoms with Gasteiger partial charge in [0.15, 0.2) is 0 Å². The first kappa shape index (κ1) is 11.2. The maximum atomic E-state index is 5.71. The standard InChI is InChI=1S/C14H15N3O/c1-2-14(10-15-6-1)18-13-5-7-16-12(8-13)9-17-11-3-4-11/h1-2,5-8,10-11,17H,3-4,9H2. The minimum atomic E-state index is 0.690. The monoisotopic (exact) mass is 241 g/mol. The van der Waals surface area contributed by atoms with Crippen molar-refractivity contribution in [1.82, 2.24) is 15.3 Å². The fourth-order valence-electron chi connectivity index (χ4n) is 1.70. The molecule has 2 heterocycles. The summed E-state index contributed by atoms with van der Waals surface area (Å²) in [6.07, 6.45) is 7.76.